The van der Waals surface area contributed by atoms with E-state index in [1.54, 1.807) is 0 Å². The van der Waals surface area contributed by atoms with Gasteiger partial charge in [-0.25, -0.2) is 0 Å². The second-order valence-corrected chi connectivity index (χ2v) is 4.06. The van der Waals surface area contributed by atoms with Crippen molar-refractivity contribution in [1.82, 2.24) is 0 Å². The number of rotatable bonds is 2. The molecule has 1 aromatic rings. The van der Waals surface area contributed by atoms with Gasteiger partial charge in [-0.3, -0.25) is 0 Å². The Morgan fingerprint density at radius 2 is 2.00 bits per heavy atom. The molecule has 2 heteroatoms. The van der Waals surface area contributed by atoms with Gasteiger partial charge in [0.15, 0.2) is 0 Å². The number of benzene rings is 1. The maximum absolute atomic E-state index is 9.77. The Hall–Kier alpha value is -0.600. The molecule has 1 aromatic carbocycles. The topological polar surface area (TPSA) is 20.2 Å². The molecule has 0 radical (unpaired) electrons. The van der Waals surface area contributed by atoms with Crippen LogP contribution in [0.5, 0.6) is 0 Å². The van der Waals surface area contributed by atoms with Gasteiger partial charge < -0.3 is 5.11 Å². The van der Waals surface area contributed by atoms with Crippen molar-refractivity contribution in [3.8, 4) is 0 Å². The van der Waals surface area contributed by atoms with Crippen molar-refractivity contribution in [2.24, 2.45) is 0 Å². The van der Waals surface area contributed by atoms with Crippen molar-refractivity contribution in [1.29, 1.82) is 0 Å². The Morgan fingerprint density at radius 3 is 2.54 bits per heavy atom. The number of halogens is 1. The van der Waals surface area contributed by atoms with Gasteiger partial charge in [0, 0.05) is 4.47 Å². The molecule has 1 N–H and O–H groups in total. The van der Waals surface area contributed by atoms with Crippen LogP contribution in [0.3, 0.4) is 0 Å². The molecule has 1 nitrogen and oxygen atoms in total. The number of allylic oxidation sites excluding steroid dienone is 1. The zero-order chi connectivity index (χ0) is 9.84. The van der Waals surface area contributed by atoms with Gasteiger partial charge in [-0.05, 0) is 25.5 Å². The quantitative estimate of drug-likeness (QED) is 0.786. The molecular weight excluding hydrogens is 228 g/mol. The van der Waals surface area contributed by atoms with E-state index in [9.17, 15) is 5.11 Å². The largest absolute Gasteiger partial charge is 0.384 e. The van der Waals surface area contributed by atoms with Gasteiger partial charge in [-0.1, -0.05) is 45.8 Å². The summed E-state index contributed by atoms with van der Waals surface area (Å²) in [5, 5.41) is 9.77. The van der Waals surface area contributed by atoms with E-state index in [1.807, 2.05) is 44.2 Å². The minimum absolute atomic E-state index is 0.513. The normalized spacial score (nSPS) is 12.3. The standard InChI is InChI=1S/C11H13BrO/c1-8(2)7-11(13)9-5-3-4-6-10(9)12/h3-7,11,13H,1-2H3. The molecule has 0 heterocycles. The Bertz CT molecular complexity index is 314. The van der Waals surface area contributed by atoms with Crippen LogP contribution in [0.2, 0.25) is 0 Å². The summed E-state index contributed by atoms with van der Waals surface area (Å²) < 4.78 is 0.944. The molecule has 0 aliphatic carbocycles. The van der Waals surface area contributed by atoms with Gasteiger partial charge in [0.05, 0.1) is 6.10 Å². The second-order valence-electron chi connectivity index (χ2n) is 3.21. The maximum atomic E-state index is 9.77. The highest BCUT2D eigenvalue weighted by Gasteiger charge is 2.06. The summed E-state index contributed by atoms with van der Waals surface area (Å²) in [5.41, 5.74) is 2.02. The lowest BCUT2D eigenvalue weighted by molar-refractivity contribution is 0.227. The molecular formula is C11H13BrO. The summed E-state index contributed by atoms with van der Waals surface area (Å²) in [6.07, 6.45) is 1.32. The van der Waals surface area contributed by atoms with Crippen LogP contribution in [0.25, 0.3) is 0 Å². The Balaban J connectivity index is 2.95. The first-order chi connectivity index (χ1) is 6.11. The first-order valence-electron chi connectivity index (χ1n) is 4.19. The molecule has 0 fully saturated rings. The summed E-state index contributed by atoms with van der Waals surface area (Å²) in [6, 6.07) is 7.69. The third-order valence-electron chi connectivity index (χ3n) is 1.72. The first-order valence-corrected chi connectivity index (χ1v) is 4.98. The van der Waals surface area contributed by atoms with E-state index >= 15 is 0 Å². The van der Waals surface area contributed by atoms with Crippen LogP contribution >= 0.6 is 15.9 Å². The molecule has 70 valence electrons. The van der Waals surface area contributed by atoms with Crippen molar-refractivity contribution in [3.05, 3.63) is 46.0 Å². The minimum atomic E-state index is -0.513. The van der Waals surface area contributed by atoms with Crippen molar-refractivity contribution in [2.45, 2.75) is 20.0 Å². The van der Waals surface area contributed by atoms with Crippen LogP contribution in [0, 0.1) is 0 Å². The van der Waals surface area contributed by atoms with Gasteiger partial charge in [-0.2, -0.15) is 0 Å². The highest BCUT2D eigenvalue weighted by atomic mass is 79.9. The van der Waals surface area contributed by atoms with E-state index in [4.69, 9.17) is 0 Å². The predicted molar refractivity (Wildman–Crippen MR) is 58.5 cm³/mol. The first kappa shape index (κ1) is 10.5. The van der Waals surface area contributed by atoms with E-state index in [-0.39, 0.29) is 0 Å². The van der Waals surface area contributed by atoms with E-state index < -0.39 is 6.10 Å². The number of aliphatic hydroxyl groups is 1. The Kier molecular flexibility index (Phi) is 3.70. The highest BCUT2D eigenvalue weighted by molar-refractivity contribution is 9.10. The Morgan fingerprint density at radius 1 is 1.38 bits per heavy atom. The predicted octanol–water partition coefficient (Wildman–Crippen LogP) is 3.45. The van der Waals surface area contributed by atoms with Gasteiger partial charge in [0.1, 0.15) is 0 Å². The molecule has 1 rings (SSSR count). The minimum Gasteiger partial charge on any atom is -0.384 e. The summed E-state index contributed by atoms with van der Waals surface area (Å²) in [4.78, 5) is 0. The molecule has 0 aliphatic rings. The van der Waals surface area contributed by atoms with Gasteiger partial charge in [0.2, 0.25) is 0 Å². The fraction of sp³-hybridized carbons (Fsp3) is 0.273. The molecule has 0 bridgehead atoms. The summed E-state index contributed by atoms with van der Waals surface area (Å²) in [5.74, 6) is 0. The van der Waals surface area contributed by atoms with Crippen LogP contribution in [0.4, 0.5) is 0 Å². The molecule has 0 amide bonds. The van der Waals surface area contributed by atoms with Crippen molar-refractivity contribution >= 4 is 15.9 Å². The van der Waals surface area contributed by atoms with Crippen LogP contribution in [0.15, 0.2) is 40.4 Å². The SMILES string of the molecule is CC(C)=CC(O)c1ccccc1Br. The second kappa shape index (κ2) is 4.58. The maximum Gasteiger partial charge on any atom is 0.0985 e. The van der Waals surface area contributed by atoms with Crippen molar-refractivity contribution in [3.63, 3.8) is 0 Å². The van der Waals surface area contributed by atoms with Gasteiger partial charge in [0.25, 0.3) is 0 Å². The van der Waals surface area contributed by atoms with E-state index in [0.29, 0.717) is 0 Å². The molecule has 1 atom stereocenters. The monoisotopic (exact) mass is 240 g/mol. The van der Waals surface area contributed by atoms with E-state index in [2.05, 4.69) is 15.9 Å². The van der Waals surface area contributed by atoms with Crippen LogP contribution < -0.4 is 0 Å². The van der Waals surface area contributed by atoms with Gasteiger partial charge in [-0.15, -0.1) is 0 Å². The third-order valence-corrected chi connectivity index (χ3v) is 2.44. The lowest BCUT2D eigenvalue weighted by Crippen LogP contribution is -1.94. The average Bonchev–Trinajstić information content (AvgIpc) is 2.03. The zero-order valence-electron chi connectivity index (χ0n) is 7.79. The van der Waals surface area contributed by atoms with E-state index in [1.165, 1.54) is 0 Å². The van der Waals surface area contributed by atoms with Crippen molar-refractivity contribution < 1.29 is 5.11 Å². The van der Waals surface area contributed by atoms with E-state index in [0.717, 1.165) is 15.6 Å². The van der Waals surface area contributed by atoms with Crippen LogP contribution in [0.1, 0.15) is 25.5 Å². The molecule has 0 aliphatic heterocycles. The molecule has 0 saturated carbocycles. The number of aliphatic hydroxyl groups excluding tert-OH is 1. The summed E-state index contributed by atoms with van der Waals surface area (Å²) in [7, 11) is 0. The molecule has 1 unspecified atom stereocenters. The number of hydrogen-bond acceptors (Lipinski definition) is 1. The van der Waals surface area contributed by atoms with Crippen LogP contribution in [-0.2, 0) is 0 Å². The van der Waals surface area contributed by atoms with Gasteiger partial charge >= 0.3 is 0 Å². The molecule has 0 aromatic heterocycles. The number of hydrogen-bond donors (Lipinski definition) is 1. The summed E-state index contributed by atoms with van der Waals surface area (Å²) in [6.45, 7) is 3.94. The zero-order valence-corrected chi connectivity index (χ0v) is 9.38. The summed E-state index contributed by atoms with van der Waals surface area (Å²) >= 11 is 3.40. The van der Waals surface area contributed by atoms with Crippen molar-refractivity contribution in [2.75, 3.05) is 0 Å². The Labute approximate surface area is 87.2 Å². The third kappa shape index (κ3) is 2.98. The lowest BCUT2D eigenvalue weighted by Gasteiger charge is -2.08. The lowest BCUT2D eigenvalue weighted by atomic mass is 10.1. The smallest absolute Gasteiger partial charge is 0.0985 e. The fourth-order valence-electron chi connectivity index (χ4n) is 1.12. The fourth-order valence-corrected chi connectivity index (χ4v) is 1.64. The molecule has 0 saturated heterocycles. The average molecular weight is 241 g/mol. The molecule has 0 spiro atoms. The van der Waals surface area contributed by atoms with Crippen LogP contribution in [-0.4, -0.2) is 5.11 Å². The molecule has 13 heavy (non-hydrogen) atoms. The highest BCUT2D eigenvalue weighted by Crippen LogP contribution is 2.24.